The Balaban J connectivity index is 2.11. The van der Waals surface area contributed by atoms with Crippen LogP contribution in [-0.2, 0) is 6.42 Å². The van der Waals surface area contributed by atoms with E-state index in [-0.39, 0.29) is 17.8 Å². The molecule has 0 amide bonds. The van der Waals surface area contributed by atoms with Crippen LogP contribution in [0.25, 0.3) is 0 Å². The molecule has 21 heavy (non-hydrogen) atoms. The minimum absolute atomic E-state index is 0.152. The first kappa shape index (κ1) is 15.7. The maximum atomic E-state index is 12.9. The summed E-state index contributed by atoms with van der Waals surface area (Å²) in [6, 6.07) is 6.69. The second kappa shape index (κ2) is 6.85. The van der Waals surface area contributed by atoms with Crippen molar-refractivity contribution >= 4 is 17.4 Å². The fourth-order valence-electron chi connectivity index (χ4n) is 2.26. The van der Waals surface area contributed by atoms with E-state index in [1.165, 1.54) is 18.5 Å². The van der Waals surface area contributed by atoms with Gasteiger partial charge in [0.15, 0.2) is 0 Å². The lowest BCUT2D eigenvalue weighted by atomic mass is 10.0. The Morgan fingerprint density at radius 3 is 2.43 bits per heavy atom. The van der Waals surface area contributed by atoms with E-state index in [4.69, 9.17) is 11.6 Å². The SMILES string of the molecule is CC(Cc1ccc(F)cc1)Nc1ncnc(Cl)c1C(C)C. The number of hydrogen-bond acceptors (Lipinski definition) is 3. The first-order chi connectivity index (χ1) is 9.97. The minimum atomic E-state index is -0.218. The zero-order valence-corrected chi connectivity index (χ0v) is 13.2. The van der Waals surface area contributed by atoms with Gasteiger partial charge in [-0.2, -0.15) is 0 Å². The van der Waals surface area contributed by atoms with Crippen molar-refractivity contribution in [3.8, 4) is 0 Å². The molecule has 1 aromatic heterocycles. The maximum Gasteiger partial charge on any atom is 0.138 e. The maximum absolute atomic E-state index is 12.9. The number of anilines is 1. The van der Waals surface area contributed by atoms with Gasteiger partial charge >= 0.3 is 0 Å². The van der Waals surface area contributed by atoms with Crippen LogP contribution in [-0.4, -0.2) is 16.0 Å². The monoisotopic (exact) mass is 307 g/mol. The normalized spacial score (nSPS) is 12.5. The number of nitrogens with zero attached hydrogens (tertiary/aromatic N) is 2. The Labute approximate surface area is 129 Å². The van der Waals surface area contributed by atoms with Gasteiger partial charge in [-0.1, -0.05) is 37.6 Å². The zero-order valence-electron chi connectivity index (χ0n) is 12.4. The van der Waals surface area contributed by atoms with Gasteiger partial charge in [-0.05, 0) is 37.0 Å². The van der Waals surface area contributed by atoms with E-state index < -0.39 is 0 Å². The van der Waals surface area contributed by atoms with Crippen molar-refractivity contribution in [1.82, 2.24) is 9.97 Å². The van der Waals surface area contributed by atoms with Crippen LogP contribution in [0.1, 0.15) is 37.8 Å². The van der Waals surface area contributed by atoms with Crippen molar-refractivity contribution in [2.24, 2.45) is 0 Å². The van der Waals surface area contributed by atoms with Crippen LogP contribution in [0.4, 0.5) is 10.2 Å². The molecule has 1 atom stereocenters. The third kappa shape index (κ3) is 4.14. The molecule has 5 heteroatoms. The van der Waals surface area contributed by atoms with E-state index in [9.17, 15) is 4.39 Å². The molecule has 0 aliphatic heterocycles. The van der Waals surface area contributed by atoms with Gasteiger partial charge in [-0.3, -0.25) is 0 Å². The highest BCUT2D eigenvalue weighted by molar-refractivity contribution is 6.30. The third-order valence-corrected chi connectivity index (χ3v) is 3.55. The van der Waals surface area contributed by atoms with Gasteiger partial charge in [0.1, 0.15) is 23.1 Å². The van der Waals surface area contributed by atoms with Crippen LogP contribution in [0.15, 0.2) is 30.6 Å². The molecule has 0 aliphatic carbocycles. The van der Waals surface area contributed by atoms with Crippen molar-refractivity contribution in [3.05, 3.63) is 52.7 Å². The minimum Gasteiger partial charge on any atom is -0.367 e. The molecule has 1 unspecified atom stereocenters. The van der Waals surface area contributed by atoms with Crippen LogP contribution < -0.4 is 5.32 Å². The number of halogens is 2. The summed E-state index contributed by atoms with van der Waals surface area (Å²) in [5.74, 6) is 0.780. The predicted molar refractivity (Wildman–Crippen MR) is 84.3 cm³/mol. The van der Waals surface area contributed by atoms with Gasteiger partial charge in [0, 0.05) is 11.6 Å². The van der Waals surface area contributed by atoms with Gasteiger partial charge in [0.2, 0.25) is 0 Å². The fourth-order valence-corrected chi connectivity index (χ4v) is 2.61. The van der Waals surface area contributed by atoms with Crippen LogP contribution in [0, 0.1) is 5.82 Å². The molecule has 0 aliphatic rings. The summed E-state index contributed by atoms with van der Waals surface area (Å²) in [5.41, 5.74) is 1.99. The lowest BCUT2D eigenvalue weighted by molar-refractivity contribution is 0.626. The van der Waals surface area contributed by atoms with E-state index in [1.54, 1.807) is 12.1 Å². The molecule has 3 nitrogen and oxygen atoms in total. The van der Waals surface area contributed by atoms with Gasteiger partial charge in [0.25, 0.3) is 0 Å². The molecule has 0 bridgehead atoms. The van der Waals surface area contributed by atoms with Gasteiger partial charge in [-0.25, -0.2) is 14.4 Å². The number of hydrogen-bond donors (Lipinski definition) is 1. The van der Waals surface area contributed by atoms with Crippen molar-refractivity contribution < 1.29 is 4.39 Å². The molecule has 1 N–H and O–H groups in total. The predicted octanol–water partition coefficient (Wildman–Crippen LogP) is 4.44. The number of rotatable bonds is 5. The molecule has 0 radical (unpaired) electrons. The van der Waals surface area contributed by atoms with Crippen molar-refractivity contribution in [2.45, 2.75) is 39.2 Å². The van der Waals surface area contributed by atoms with Crippen molar-refractivity contribution in [3.63, 3.8) is 0 Å². The molecule has 1 heterocycles. The highest BCUT2D eigenvalue weighted by atomic mass is 35.5. The van der Waals surface area contributed by atoms with E-state index in [0.717, 1.165) is 23.4 Å². The summed E-state index contributed by atoms with van der Waals surface area (Å²) in [4.78, 5) is 8.32. The quantitative estimate of drug-likeness (QED) is 0.830. The standard InChI is InChI=1S/C16H19ClFN3/c1-10(2)14-15(17)19-9-20-16(14)21-11(3)8-12-4-6-13(18)7-5-12/h4-7,9-11H,8H2,1-3H3,(H,19,20,21). The van der Waals surface area contributed by atoms with Gasteiger partial charge in [-0.15, -0.1) is 0 Å². The summed E-state index contributed by atoms with van der Waals surface area (Å²) in [7, 11) is 0. The largest absolute Gasteiger partial charge is 0.367 e. The topological polar surface area (TPSA) is 37.8 Å². The second-order valence-electron chi connectivity index (χ2n) is 5.46. The zero-order chi connectivity index (χ0) is 15.4. The number of benzene rings is 1. The Kier molecular flexibility index (Phi) is 5.12. The molecule has 1 aromatic carbocycles. The van der Waals surface area contributed by atoms with Crippen LogP contribution in [0.2, 0.25) is 5.15 Å². The van der Waals surface area contributed by atoms with E-state index in [0.29, 0.717) is 5.15 Å². The van der Waals surface area contributed by atoms with Crippen molar-refractivity contribution in [2.75, 3.05) is 5.32 Å². The second-order valence-corrected chi connectivity index (χ2v) is 5.82. The van der Waals surface area contributed by atoms with E-state index >= 15 is 0 Å². The lowest BCUT2D eigenvalue weighted by Crippen LogP contribution is -2.20. The Morgan fingerprint density at radius 1 is 1.14 bits per heavy atom. The number of nitrogens with one attached hydrogen (secondary N) is 1. The molecule has 0 saturated carbocycles. The van der Waals surface area contributed by atoms with Crippen LogP contribution in [0.3, 0.4) is 0 Å². The molecular weight excluding hydrogens is 289 g/mol. The van der Waals surface area contributed by atoms with E-state index in [2.05, 4.69) is 36.1 Å². The molecule has 0 fully saturated rings. The Bertz CT molecular complexity index is 599. The summed E-state index contributed by atoms with van der Waals surface area (Å²) in [5, 5.41) is 3.85. The summed E-state index contributed by atoms with van der Waals surface area (Å²) >= 11 is 6.15. The molecule has 2 rings (SSSR count). The summed E-state index contributed by atoms with van der Waals surface area (Å²) in [6.07, 6.45) is 2.24. The third-order valence-electron chi connectivity index (χ3n) is 3.25. The summed E-state index contributed by atoms with van der Waals surface area (Å²) < 4.78 is 12.9. The van der Waals surface area contributed by atoms with E-state index in [1.807, 2.05) is 0 Å². The Hall–Kier alpha value is -1.68. The fraction of sp³-hybridized carbons (Fsp3) is 0.375. The molecule has 0 spiro atoms. The molecule has 112 valence electrons. The molecular formula is C16H19ClFN3. The average Bonchev–Trinajstić information content (AvgIpc) is 2.41. The smallest absolute Gasteiger partial charge is 0.138 e. The van der Waals surface area contributed by atoms with Crippen LogP contribution >= 0.6 is 11.6 Å². The first-order valence-electron chi connectivity index (χ1n) is 6.98. The molecule has 2 aromatic rings. The highest BCUT2D eigenvalue weighted by Gasteiger charge is 2.15. The first-order valence-corrected chi connectivity index (χ1v) is 7.36. The van der Waals surface area contributed by atoms with Crippen molar-refractivity contribution in [1.29, 1.82) is 0 Å². The lowest BCUT2D eigenvalue weighted by Gasteiger charge is -2.19. The Morgan fingerprint density at radius 2 is 1.81 bits per heavy atom. The van der Waals surface area contributed by atoms with Crippen LogP contribution in [0.5, 0.6) is 0 Å². The summed E-state index contributed by atoms with van der Waals surface area (Å²) in [6.45, 7) is 6.17. The average molecular weight is 308 g/mol. The van der Waals surface area contributed by atoms with Gasteiger partial charge in [0.05, 0.1) is 0 Å². The number of aromatic nitrogens is 2. The molecule has 0 saturated heterocycles. The van der Waals surface area contributed by atoms with Gasteiger partial charge < -0.3 is 5.32 Å². The highest BCUT2D eigenvalue weighted by Crippen LogP contribution is 2.28.